The lowest BCUT2D eigenvalue weighted by atomic mass is 10.3. The van der Waals surface area contributed by atoms with Crippen molar-refractivity contribution in [2.45, 2.75) is 0 Å². The maximum absolute atomic E-state index is 10.7. The third kappa shape index (κ3) is 0.513. The van der Waals surface area contributed by atoms with Gasteiger partial charge in [-0.2, -0.15) is 0 Å². The van der Waals surface area contributed by atoms with Gasteiger partial charge in [0.05, 0.1) is 0 Å². The molecule has 54 valence electrons. The van der Waals surface area contributed by atoms with Gasteiger partial charge in [0.1, 0.15) is 5.52 Å². The Morgan fingerprint density at radius 3 is 3.18 bits per heavy atom. The second-order valence-electron chi connectivity index (χ2n) is 2.38. The largest absolute Gasteiger partial charge is 0.447 e. The van der Waals surface area contributed by atoms with Crippen LogP contribution in [0.1, 0.15) is 0 Å². The van der Waals surface area contributed by atoms with Crippen molar-refractivity contribution in [1.82, 2.24) is 4.98 Å². The summed E-state index contributed by atoms with van der Waals surface area (Å²) in [5, 5.41) is 0. The molecule has 1 aromatic heterocycles. The molecule has 4 heteroatoms. The number of nitrogens with one attached hydrogen (secondary N) is 1. The van der Waals surface area contributed by atoms with E-state index in [1.165, 1.54) is 0 Å². The molecule has 2 heterocycles. The summed E-state index contributed by atoms with van der Waals surface area (Å²) < 4.78 is 9.82. The highest BCUT2D eigenvalue weighted by Crippen LogP contribution is 2.49. The Hall–Kier alpha value is -1.71. The summed E-state index contributed by atoms with van der Waals surface area (Å²) in [6, 6.07) is 3.48. The molecular weight excluding hydrogens is 146 g/mol. The molecule has 11 heavy (non-hydrogen) atoms. The SMILES string of the molecule is O=c1[nH]c2c3c(ccc2o1)O3. The van der Waals surface area contributed by atoms with Gasteiger partial charge in [0, 0.05) is 0 Å². The molecule has 4 nitrogen and oxygen atoms in total. The fourth-order valence-electron chi connectivity index (χ4n) is 1.15. The van der Waals surface area contributed by atoms with E-state index < -0.39 is 5.76 Å². The molecule has 0 spiro atoms. The van der Waals surface area contributed by atoms with Gasteiger partial charge in [-0.1, -0.05) is 0 Å². The number of H-pyrrole nitrogens is 1. The van der Waals surface area contributed by atoms with Crippen LogP contribution in [0.5, 0.6) is 11.5 Å². The Bertz CT molecular complexity index is 494. The van der Waals surface area contributed by atoms with Crippen LogP contribution in [-0.2, 0) is 0 Å². The maximum Gasteiger partial charge on any atom is 0.417 e. The van der Waals surface area contributed by atoms with Crippen LogP contribution in [0.2, 0.25) is 0 Å². The van der Waals surface area contributed by atoms with Crippen LogP contribution in [0.4, 0.5) is 0 Å². The van der Waals surface area contributed by atoms with Gasteiger partial charge in [-0.05, 0) is 12.1 Å². The Morgan fingerprint density at radius 1 is 1.36 bits per heavy atom. The number of benzene rings is 1. The van der Waals surface area contributed by atoms with Crippen molar-refractivity contribution < 1.29 is 9.15 Å². The molecule has 1 aromatic carbocycles. The van der Waals surface area contributed by atoms with Crippen molar-refractivity contribution in [3.63, 3.8) is 0 Å². The second kappa shape index (κ2) is 1.32. The van der Waals surface area contributed by atoms with Gasteiger partial charge >= 0.3 is 5.76 Å². The molecule has 0 saturated heterocycles. The third-order valence-corrected chi connectivity index (χ3v) is 1.68. The monoisotopic (exact) mass is 149 g/mol. The van der Waals surface area contributed by atoms with Gasteiger partial charge in [0.25, 0.3) is 0 Å². The molecule has 0 unspecified atom stereocenters. The summed E-state index contributed by atoms with van der Waals surface area (Å²) >= 11 is 0. The maximum atomic E-state index is 10.7. The minimum Gasteiger partial charge on any atom is -0.447 e. The average Bonchev–Trinajstić information content (AvgIpc) is 2.67. The van der Waals surface area contributed by atoms with E-state index in [0.29, 0.717) is 11.1 Å². The molecular formula is C7H3NO3. The van der Waals surface area contributed by atoms with E-state index >= 15 is 0 Å². The molecule has 1 aliphatic heterocycles. The molecule has 0 radical (unpaired) electrons. The molecule has 2 aromatic rings. The van der Waals surface area contributed by atoms with E-state index in [9.17, 15) is 4.79 Å². The lowest BCUT2D eigenvalue weighted by molar-refractivity contribution is 0.555. The Kier molecular flexibility index (Phi) is 0.600. The number of oxazole rings is 1. The van der Waals surface area contributed by atoms with Crippen LogP contribution in [-0.4, -0.2) is 4.98 Å². The highest BCUT2D eigenvalue weighted by Gasteiger charge is 2.25. The minimum atomic E-state index is -0.441. The van der Waals surface area contributed by atoms with Crippen LogP contribution in [0.15, 0.2) is 21.3 Å². The molecule has 0 fully saturated rings. The molecule has 0 aliphatic carbocycles. The van der Waals surface area contributed by atoms with Crippen LogP contribution < -0.4 is 10.5 Å². The van der Waals surface area contributed by atoms with Crippen molar-refractivity contribution in [3.05, 3.63) is 22.7 Å². The van der Waals surface area contributed by atoms with Crippen LogP contribution in [0, 0.1) is 0 Å². The predicted molar refractivity (Wildman–Crippen MR) is 36.9 cm³/mol. The molecule has 1 N–H and O–H groups in total. The van der Waals surface area contributed by atoms with E-state index in [2.05, 4.69) is 4.98 Å². The van der Waals surface area contributed by atoms with E-state index in [1.54, 1.807) is 12.1 Å². The zero-order valence-corrected chi connectivity index (χ0v) is 5.38. The first-order chi connectivity index (χ1) is 5.34. The summed E-state index contributed by atoms with van der Waals surface area (Å²) in [6.45, 7) is 0. The number of fused-ring (bicyclic) bond motifs is 3. The van der Waals surface area contributed by atoms with Gasteiger partial charge in [-0.25, -0.2) is 4.79 Å². The first-order valence-corrected chi connectivity index (χ1v) is 3.18. The van der Waals surface area contributed by atoms with Crippen molar-refractivity contribution >= 4 is 11.1 Å². The third-order valence-electron chi connectivity index (χ3n) is 1.68. The lowest BCUT2D eigenvalue weighted by Gasteiger charge is -1.74. The molecule has 0 atom stereocenters. The van der Waals surface area contributed by atoms with E-state index in [1.807, 2.05) is 0 Å². The predicted octanol–water partition coefficient (Wildman–Crippen LogP) is 1.23. The number of hydrogen-bond acceptors (Lipinski definition) is 3. The average molecular weight is 149 g/mol. The summed E-state index contributed by atoms with van der Waals surface area (Å²) in [6.07, 6.45) is 0. The summed E-state index contributed by atoms with van der Waals surface area (Å²) in [7, 11) is 0. The number of aromatic amines is 1. The molecule has 3 rings (SSSR count). The normalized spacial score (nSPS) is 12.7. The van der Waals surface area contributed by atoms with Gasteiger partial charge in [-0.3, -0.25) is 4.98 Å². The standard InChI is InChI=1S/C7H3NO3/c9-7-8-5-3(11-7)1-2-4-6(5)10-4/h1-2H,(H,8,9). The fourth-order valence-corrected chi connectivity index (χ4v) is 1.15. The smallest absolute Gasteiger partial charge is 0.417 e. The minimum absolute atomic E-state index is 0.441. The van der Waals surface area contributed by atoms with Gasteiger partial charge in [0.15, 0.2) is 17.1 Å². The number of hydrogen-bond donors (Lipinski definition) is 1. The Balaban J connectivity index is 2.64. The molecule has 1 aliphatic rings. The zero-order chi connectivity index (χ0) is 7.42. The van der Waals surface area contributed by atoms with Crippen molar-refractivity contribution in [3.8, 4) is 11.5 Å². The first-order valence-electron chi connectivity index (χ1n) is 3.18. The van der Waals surface area contributed by atoms with Crippen molar-refractivity contribution in [1.29, 1.82) is 0 Å². The number of aromatic nitrogens is 1. The Morgan fingerprint density at radius 2 is 2.27 bits per heavy atom. The Labute approximate surface area is 60.4 Å². The number of ether oxygens (including phenoxy) is 1. The van der Waals surface area contributed by atoms with E-state index in [-0.39, 0.29) is 0 Å². The lowest BCUT2D eigenvalue weighted by Crippen LogP contribution is -1.92. The quantitative estimate of drug-likeness (QED) is 0.489. The van der Waals surface area contributed by atoms with Crippen LogP contribution in [0.3, 0.4) is 0 Å². The second-order valence-corrected chi connectivity index (χ2v) is 2.38. The van der Waals surface area contributed by atoms with E-state index in [0.717, 1.165) is 11.5 Å². The van der Waals surface area contributed by atoms with Gasteiger partial charge in [-0.15, -0.1) is 0 Å². The van der Waals surface area contributed by atoms with Gasteiger partial charge < -0.3 is 9.15 Å². The highest BCUT2D eigenvalue weighted by atomic mass is 16.6. The van der Waals surface area contributed by atoms with Gasteiger partial charge in [0.2, 0.25) is 0 Å². The first kappa shape index (κ1) is 5.01. The van der Waals surface area contributed by atoms with Crippen LogP contribution in [0.25, 0.3) is 11.1 Å². The summed E-state index contributed by atoms with van der Waals surface area (Å²) in [4.78, 5) is 13.2. The fraction of sp³-hybridized carbons (Fsp3) is 0. The van der Waals surface area contributed by atoms with Crippen molar-refractivity contribution in [2.75, 3.05) is 0 Å². The highest BCUT2D eigenvalue weighted by molar-refractivity contribution is 5.87. The van der Waals surface area contributed by atoms with E-state index in [4.69, 9.17) is 9.15 Å². The number of rotatable bonds is 0. The topological polar surface area (TPSA) is 58.5 Å². The summed E-state index contributed by atoms with van der Waals surface area (Å²) in [5.74, 6) is 1.10. The zero-order valence-electron chi connectivity index (χ0n) is 5.38. The van der Waals surface area contributed by atoms with Crippen LogP contribution >= 0.6 is 0 Å². The molecule has 0 bridgehead atoms. The molecule has 0 saturated carbocycles. The molecule has 0 amide bonds. The van der Waals surface area contributed by atoms with Crippen molar-refractivity contribution in [2.24, 2.45) is 0 Å². The summed E-state index contributed by atoms with van der Waals surface area (Å²) in [5.41, 5.74) is 1.21.